The van der Waals surface area contributed by atoms with Gasteiger partial charge < -0.3 is 10.2 Å². The summed E-state index contributed by atoms with van der Waals surface area (Å²) in [6.07, 6.45) is 1.69. The molecule has 3 aromatic rings. The Morgan fingerprint density at radius 3 is 3.12 bits per heavy atom. The molecule has 0 bridgehead atoms. The van der Waals surface area contributed by atoms with E-state index < -0.39 is 5.76 Å². The van der Waals surface area contributed by atoms with Gasteiger partial charge in [0.25, 0.3) is 0 Å². The van der Waals surface area contributed by atoms with Crippen LogP contribution in [0, 0.1) is 0 Å². The molecule has 17 heavy (non-hydrogen) atoms. The Bertz CT molecular complexity index is 722. The molecule has 2 heterocycles. The lowest BCUT2D eigenvalue weighted by Gasteiger charge is -2.00. The average Bonchev–Trinajstić information content (AvgIpc) is 2.91. The Balaban J connectivity index is 2.20. The van der Waals surface area contributed by atoms with Crippen molar-refractivity contribution in [3.05, 3.63) is 40.5 Å². The van der Waals surface area contributed by atoms with E-state index in [1.807, 2.05) is 12.1 Å². The summed E-state index contributed by atoms with van der Waals surface area (Å²) in [6, 6.07) is 5.42. The number of hydrogen-bond donors (Lipinski definition) is 3. The van der Waals surface area contributed by atoms with Crippen molar-refractivity contribution in [3.8, 4) is 11.3 Å². The van der Waals surface area contributed by atoms with E-state index >= 15 is 0 Å². The van der Waals surface area contributed by atoms with E-state index in [0.29, 0.717) is 17.6 Å². The van der Waals surface area contributed by atoms with Gasteiger partial charge in [0.1, 0.15) is 0 Å². The molecule has 0 radical (unpaired) electrons. The van der Waals surface area contributed by atoms with Gasteiger partial charge in [-0.2, -0.15) is 5.10 Å². The fourth-order valence-corrected chi connectivity index (χ4v) is 1.82. The van der Waals surface area contributed by atoms with Gasteiger partial charge in [0.05, 0.1) is 17.4 Å². The number of aromatic amines is 2. The highest BCUT2D eigenvalue weighted by atomic mass is 16.4. The first-order valence-electron chi connectivity index (χ1n) is 5.13. The van der Waals surface area contributed by atoms with Crippen molar-refractivity contribution < 1.29 is 4.42 Å². The molecule has 0 fully saturated rings. The predicted molar refractivity (Wildman–Crippen MR) is 62.3 cm³/mol. The number of aromatic nitrogens is 3. The highest BCUT2D eigenvalue weighted by Crippen LogP contribution is 2.23. The molecule has 0 amide bonds. The van der Waals surface area contributed by atoms with Crippen molar-refractivity contribution >= 4 is 11.1 Å². The van der Waals surface area contributed by atoms with Gasteiger partial charge in [-0.1, -0.05) is 0 Å². The molecule has 0 aliphatic heterocycles. The maximum Gasteiger partial charge on any atom is 0.417 e. The fourth-order valence-electron chi connectivity index (χ4n) is 1.82. The number of oxazole rings is 1. The van der Waals surface area contributed by atoms with Crippen LogP contribution in [0.3, 0.4) is 0 Å². The Morgan fingerprint density at radius 2 is 2.29 bits per heavy atom. The number of H-pyrrole nitrogens is 2. The van der Waals surface area contributed by atoms with E-state index in [1.165, 1.54) is 0 Å². The molecule has 4 N–H and O–H groups in total. The fraction of sp³-hybridized carbons (Fsp3) is 0.0909. The molecule has 0 aliphatic rings. The predicted octanol–water partition coefficient (Wildman–Crippen LogP) is 0.970. The van der Waals surface area contributed by atoms with Crippen LogP contribution >= 0.6 is 0 Å². The van der Waals surface area contributed by atoms with Gasteiger partial charge in [-0.15, -0.1) is 0 Å². The lowest BCUT2D eigenvalue weighted by Crippen LogP contribution is -1.96. The number of hydrogen-bond acceptors (Lipinski definition) is 4. The summed E-state index contributed by atoms with van der Waals surface area (Å²) in [4.78, 5) is 13.7. The van der Waals surface area contributed by atoms with Crippen molar-refractivity contribution in [3.63, 3.8) is 0 Å². The lowest BCUT2D eigenvalue weighted by atomic mass is 10.1. The molecule has 6 nitrogen and oxygen atoms in total. The van der Waals surface area contributed by atoms with Gasteiger partial charge in [0, 0.05) is 17.7 Å². The Hall–Kier alpha value is -2.34. The zero-order chi connectivity index (χ0) is 11.8. The first kappa shape index (κ1) is 9.86. The van der Waals surface area contributed by atoms with Gasteiger partial charge >= 0.3 is 5.76 Å². The number of nitrogens with two attached hydrogens (primary N) is 1. The Labute approximate surface area is 95.4 Å². The number of nitrogens with zero attached hydrogens (tertiary/aromatic N) is 1. The standard InChI is InChI=1S/C11H10N4O2/c12-4-7-5-13-15-10(7)6-1-2-9-8(3-6)14-11(16)17-9/h1-3,5H,4,12H2,(H,13,15)(H,14,16). The molecule has 0 saturated carbocycles. The van der Waals surface area contributed by atoms with Crippen molar-refractivity contribution in [2.45, 2.75) is 6.54 Å². The van der Waals surface area contributed by atoms with Crippen LogP contribution in [0.25, 0.3) is 22.4 Å². The Morgan fingerprint density at radius 1 is 1.41 bits per heavy atom. The zero-order valence-electron chi connectivity index (χ0n) is 8.86. The number of rotatable bonds is 2. The van der Waals surface area contributed by atoms with E-state index in [9.17, 15) is 4.79 Å². The summed E-state index contributed by atoms with van der Waals surface area (Å²) in [7, 11) is 0. The van der Waals surface area contributed by atoms with Crippen LogP contribution in [-0.2, 0) is 6.54 Å². The first-order chi connectivity index (χ1) is 8.28. The molecule has 0 spiro atoms. The van der Waals surface area contributed by atoms with Crippen LogP contribution in [0.4, 0.5) is 0 Å². The summed E-state index contributed by atoms with van der Waals surface area (Å²) in [5.74, 6) is -0.458. The molecule has 2 aromatic heterocycles. The van der Waals surface area contributed by atoms with E-state index in [4.69, 9.17) is 10.2 Å². The third-order valence-electron chi connectivity index (χ3n) is 2.65. The molecule has 0 saturated heterocycles. The summed E-state index contributed by atoms with van der Waals surface area (Å²) >= 11 is 0. The quantitative estimate of drug-likeness (QED) is 0.610. The maximum atomic E-state index is 11.0. The minimum atomic E-state index is -0.458. The highest BCUT2D eigenvalue weighted by molar-refractivity contribution is 5.79. The Kier molecular flexibility index (Phi) is 2.09. The first-order valence-corrected chi connectivity index (χ1v) is 5.13. The van der Waals surface area contributed by atoms with Gasteiger partial charge in [0.15, 0.2) is 5.58 Å². The molecule has 0 atom stereocenters. The molecule has 1 aromatic carbocycles. The van der Waals surface area contributed by atoms with Crippen LogP contribution in [0.5, 0.6) is 0 Å². The minimum absolute atomic E-state index is 0.409. The second-order valence-electron chi connectivity index (χ2n) is 3.70. The summed E-state index contributed by atoms with van der Waals surface area (Å²) in [5.41, 5.74) is 9.50. The van der Waals surface area contributed by atoms with E-state index in [-0.39, 0.29) is 0 Å². The third kappa shape index (κ3) is 1.55. The summed E-state index contributed by atoms with van der Waals surface area (Å²) < 4.78 is 4.94. The molecule has 0 aliphatic carbocycles. The second-order valence-corrected chi connectivity index (χ2v) is 3.70. The minimum Gasteiger partial charge on any atom is -0.408 e. The smallest absolute Gasteiger partial charge is 0.408 e. The van der Waals surface area contributed by atoms with Gasteiger partial charge in [-0.05, 0) is 18.2 Å². The summed E-state index contributed by atoms with van der Waals surface area (Å²) in [5, 5.41) is 6.85. The third-order valence-corrected chi connectivity index (χ3v) is 2.65. The van der Waals surface area contributed by atoms with E-state index in [2.05, 4.69) is 15.2 Å². The molecular weight excluding hydrogens is 220 g/mol. The summed E-state index contributed by atoms with van der Waals surface area (Å²) in [6.45, 7) is 0.409. The average molecular weight is 230 g/mol. The monoisotopic (exact) mass is 230 g/mol. The largest absolute Gasteiger partial charge is 0.417 e. The van der Waals surface area contributed by atoms with E-state index in [0.717, 1.165) is 16.8 Å². The van der Waals surface area contributed by atoms with Gasteiger partial charge in [-0.25, -0.2) is 4.79 Å². The van der Waals surface area contributed by atoms with Crippen molar-refractivity contribution in [1.29, 1.82) is 0 Å². The SMILES string of the molecule is NCc1cn[nH]c1-c1ccc2oc(=O)[nH]c2c1. The zero-order valence-corrected chi connectivity index (χ0v) is 8.86. The van der Waals surface area contributed by atoms with Crippen LogP contribution in [0.15, 0.2) is 33.6 Å². The maximum absolute atomic E-state index is 11.0. The molecule has 0 unspecified atom stereocenters. The highest BCUT2D eigenvalue weighted by Gasteiger charge is 2.08. The topological polar surface area (TPSA) is 101 Å². The van der Waals surface area contributed by atoms with Crippen molar-refractivity contribution in [1.82, 2.24) is 15.2 Å². The molecular formula is C11H10N4O2. The van der Waals surface area contributed by atoms with Crippen molar-refractivity contribution in [2.75, 3.05) is 0 Å². The molecule has 86 valence electrons. The normalized spacial score (nSPS) is 11.1. The molecule has 6 heteroatoms. The van der Waals surface area contributed by atoms with Crippen LogP contribution in [0.1, 0.15) is 5.56 Å². The van der Waals surface area contributed by atoms with Gasteiger partial charge in [-0.3, -0.25) is 10.1 Å². The number of benzene rings is 1. The van der Waals surface area contributed by atoms with Crippen LogP contribution in [-0.4, -0.2) is 15.2 Å². The van der Waals surface area contributed by atoms with Gasteiger partial charge in [0.2, 0.25) is 0 Å². The lowest BCUT2D eigenvalue weighted by molar-refractivity contribution is 0.555. The van der Waals surface area contributed by atoms with Crippen LogP contribution < -0.4 is 11.5 Å². The second kappa shape index (κ2) is 3.60. The number of nitrogens with one attached hydrogen (secondary N) is 2. The molecule has 3 rings (SSSR count). The van der Waals surface area contributed by atoms with Crippen molar-refractivity contribution in [2.24, 2.45) is 5.73 Å². The number of fused-ring (bicyclic) bond motifs is 1. The van der Waals surface area contributed by atoms with Crippen LogP contribution in [0.2, 0.25) is 0 Å². The van der Waals surface area contributed by atoms with E-state index in [1.54, 1.807) is 12.3 Å².